The Morgan fingerprint density at radius 3 is 2.87 bits per heavy atom. The molecular formula is C10H10ClNO3. The van der Waals surface area contributed by atoms with Crippen LogP contribution in [0.15, 0.2) is 6.07 Å². The lowest BCUT2D eigenvalue weighted by Gasteiger charge is -2.06. The van der Waals surface area contributed by atoms with E-state index in [2.05, 4.69) is 9.72 Å². The summed E-state index contributed by atoms with van der Waals surface area (Å²) in [7, 11) is 1.27. The summed E-state index contributed by atoms with van der Waals surface area (Å²) in [4.78, 5) is 25.7. The van der Waals surface area contributed by atoms with Gasteiger partial charge in [0.05, 0.1) is 18.4 Å². The summed E-state index contributed by atoms with van der Waals surface area (Å²) < 4.78 is 4.58. The van der Waals surface area contributed by atoms with E-state index in [-0.39, 0.29) is 12.0 Å². The molecular weight excluding hydrogens is 218 g/mol. The first-order valence-corrected chi connectivity index (χ1v) is 4.66. The quantitative estimate of drug-likeness (QED) is 0.447. The van der Waals surface area contributed by atoms with Gasteiger partial charge in [0.1, 0.15) is 11.4 Å². The normalized spacial score (nSPS) is 9.80. The molecule has 1 rings (SSSR count). The molecule has 0 unspecified atom stereocenters. The maximum absolute atomic E-state index is 11.4. The second-order valence-electron chi connectivity index (χ2n) is 2.95. The highest BCUT2D eigenvalue weighted by atomic mass is 35.5. The lowest BCUT2D eigenvalue weighted by atomic mass is 10.1. The molecule has 0 bridgehead atoms. The highest BCUT2D eigenvalue weighted by Gasteiger charge is 2.15. The maximum Gasteiger partial charge on any atom is 0.339 e. The molecule has 0 spiro atoms. The van der Waals surface area contributed by atoms with Gasteiger partial charge in [-0.15, -0.1) is 0 Å². The minimum Gasteiger partial charge on any atom is -0.465 e. The van der Waals surface area contributed by atoms with Crippen LogP contribution >= 0.6 is 11.6 Å². The number of nitrogens with zero attached hydrogens (tertiary/aromatic N) is 1. The van der Waals surface area contributed by atoms with E-state index in [0.29, 0.717) is 22.7 Å². The van der Waals surface area contributed by atoms with Gasteiger partial charge in [-0.05, 0) is 18.6 Å². The van der Waals surface area contributed by atoms with Crippen LogP contribution in [-0.4, -0.2) is 24.3 Å². The Morgan fingerprint density at radius 1 is 1.67 bits per heavy atom. The summed E-state index contributed by atoms with van der Waals surface area (Å²) in [5, 5.41) is 0.291. The lowest BCUT2D eigenvalue weighted by Crippen LogP contribution is -2.09. The van der Waals surface area contributed by atoms with Crippen LogP contribution in [-0.2, 0) is 16.0 Å². The van der Waals surface area contributed by atoms with Crippen molar-refractivity contribution in [2.75, 3.05) is 7.11 Å². The number of methoxy groups -OCH3 is 1. The van der Waals surface area contributed by atoms with Crippen LogP contribution in [0.5, 0.6) is 0 Å². The SMILES string of the molecule is COC(=O)c1cc(C)c(Cl)nc1CC=O. The molecule has 0 atom stereocenters. The van der Waals surface area contributed by atoms with Crippen LogP contribution in [0.4, 0.5) is 0 Å². The van der Waals surface area contributed by atoms with E-state index in [1.807, 2.05) is 0 Å². The summed E-state index contributed by atoms with van der Waals surface area (Å²) in [6, 6.07) is 1.57. The maximum atomic E-state index is 11.4. The number of carbonyl (C=O) groups is 2. The van der Waals surface area contributed by atoms with E-state index in [1.54, 1.807) is 13.0 Å². The minimum atomic E-state index is -0.515. The first kappa shape index (κ1) is 11.7. The number of aromatic nitrogens is 1. The van der Waals surface area contributed by atoms with Gasteiger partial charge in [0.2, 0.25) is 0 Å². The summed E-state index contributed by atoms with van der Waals surface area (Å²) >= 11 is 5.79. The Morgan fingerprint density at radius 2 is 2.33 bits per heavy atom. The van der Waals surface area contributed by atoms with E-state index in [4.69, 9.17) is 11.6 Å². The molecule has 1 aromatic rings. The van der Waals surface area contributed by atoms with Gasteiger partial charge in [-0.1, -0.05) is 11.6 Å². The molecule has 0 fully saturated rings. The fourth-order valence-corrected chi connectivity index (χ4v) is 1.30. The van der Waals surface area contributed by atoms with Gasteiger partial charge in [0.25, 0.3) is 0 Å². The van der Waals surface area contributed by atoms with Gasteiger partial charge in [0, 0.05) is 6.42 Å². The highest BCUT2D eigenvalue weighted by molar-refractivity contribution is 6.30. The monoisotopic (exact) mass is 227 g/mol. The van der Waals surface area contributed by atoms with Crippen molar-refractivity contribution in [1.29, 1.82) is 0 Å². The number of ether oxygens (including phenoxy) is 1. The van der Waals surface area contributed by atoms with Crippen LogP contribution in [0, 0.1) is 6.92 Å². The molecule has 0 amide bonds. The van der Waals surface area contributed by atoms with Crippen molar-refractivity contribution in [3.63, 3.8) is 0 Å². The number of esters is 1. The molecule has 0 aliphatic carbocycles. The predicted octanol–water partition coefficient (Wildman–Crippen LogP) is 1.57. The van der Waals surface area contributed by atoms with Crippen LogP contribution < -0.4 is 0 Å². The molecule has 0 aromatic carbocycles. The Kier molecular flexibility index (Phi) is 3.80. The Labute approximate surface area is 92.2 Å². The number of pyridine rings is 1. The minimum absolute atomic E-state index is 0.0461. The number of carbonyl (C=O) groups excluding carboxylic acids is 2. The van der Waals surface area contributed by atoms with Crippen molar-refractivity contribution in [3.05, 3.63) is 28.0 Å². The van der Waals surface area contributed by atoms with Gasteiger partial charge in [-0.25, -0.2) is 9.78 Å². The zero-order chi connectivity index (χ0) is 11.4. The molecule has 0 aliphatic heterocycles. The molecule has 0 radical (unpaired) electrons. The predicted molar refractivity (Wildman–Crippen MR) is 55.1 cm³/mol. The van der Waals surface area contributed by atoms with Crippen molar-refractivity contribution in [2.45, 2.75) is 13.3 Å². The third-order valence-electron chi connectivity index (χ3n) is 1.91. The van der Waals surface area contributed by atoms with Crippen molar-refractivity contribution >= 4 is 23.9 Å². The molecule has 1 heterocycles. The fourth-order valence-electron chi connectivity index (χ4n) is 1.15. The number of rotatable bonds is 3. The molecule has 4 nitrogen and oxygen atoms in total. The van der Waals surface area contributed by atoms with Gasteiger partial charge < -0.3 is 9.53 Å². The smallest absolute Gasteiger partial charge is 0.339 e. The Bertz CT molecular complexity index is 404. The van der Waals surface area contributed by atoms with Crippen LogP contribution in [0.1, 0.15) is 21.6 Å². The Balaban J connectivity index is 3.27. The molecule has 5 heteroatoms. The Hall–Kier alpha value is -1.42. The summed E-state index contributed by atoms with van der Waals surface area (Å²) in [6.45, 7) is 1.73. The summed E-state index contributed by atoms with van der Waals surface area (Å²) in [5.41, 5.74) is 1.30. The van der Waals surface area contributed by atoms with Gasteiger partial charge >= 0.3 is 5.97 Å². The number of aldehydes is 1. The van der Waals surface area contributed by atoms with E-state index in [0.717, 1.165) is 0 Å². The summed E-state index contributed by atoms with van der Waals surface area (Å²) in [6.07, 6.45) is 0.713. The molecule has 1 aromatic heterocycles. The van der Waals surface area contributed by atoms with Crippen molar-refractivity contribution in [2.24, 2.45) is 0 Å². The first-order valence-electron chi connectivity index (χ1n) is 4.28. The molecule has 0 saturated carbocycles. The standard InChI is InChI=1S/C10H10ClNO3/c1-6-5-7(10(14)15-2)8(3-4-13)12-9(6)11/h4-5H,3H2,1-2H3. The molecule has 80 valence electrons. The number of hydrogen-bond donors (Lipinski definition) is 0. The molecule has 0 aliphatic rings. The molecule has 15 heavy (non-hydrogen) atoms. The van der Waals surface area contributed by atoms with Gasteiger partial charge in [-0.2, -0.15) is 0 Å². The first-order chi connectivity index (χ1) is 7.10. The zero-order valence-corrected chi connectivity index (χ0v) is 9.17. The van der Waals surface area contributed by atoms with E-state index in [9.17, 15) is 9.59 Å². The average Bonchev–Trinajstić information content (AvgIpc) is 2.22. The fraction of sp³-hybridized carbons (Fsp3) is 0.300. The highest BCUT2D eigenvalue weighted by Crippen LogP contribution is 2.17. The average molecular weight is 228 g/mol. The number of hydrogen-bond acceptors (Lipinski definition) is 4. The second-order valence-corrected chi connectivity index (χ2v) is 3.31. The largest absolute Gasteiger partial charge is 0.465 e. The topological polar surface area (TPSA) is 56.3 Å². The third kappa shape index (κ3) is 2.53. The molecule has 0 saturated heterocycles. The van der Waals surface area contributed by atoms with E-state index >= 15 is 0 Å². The molecule has 0 N–H and O–H groups in total. The third-order valence-corrected chi connectivity index (χ3v) is 2.29. The number of halogens is 1. The lowest BCUT2D eigenvalue weighted by molar-refractivity contribution is -0.107. The summed E-state index contributed by atoms with van der Waals surface area (Å²) in [5.74, 6) is -0.515. The van der Waals surface area contributed by atoms with Gasteiger partial charge in [0.15, 0.2) is 0 Å². The van der Waals surface area contributed by atoms with Crippen LogP contribution in [0.3, 0.4) is 0 Å². The van der Waals surface area contributed by atoms with Crippen molar-refractivity contribution < 1.29 is 14.3 Å². The van der Waals surface area contributed by atoms with Crippen LogP contribution in [0.2, 0.25) is 5.15 Å². The number of aryl methyl sites for hydroxylation is 1. The zero-order valence-electron chi connectivity index (χ0n) is 8.41. The van der Waals surface area contributed by atoms with E-state index in [1.165, 1.54) is 7.11 Å². The van der Waals surface area contributed by atoms with E-state index < -0.39 is 5.97 Å². The van der Waals surface area contributed by atoms with Crippen molar-refractivity contribution in [3.8, 4) is 0 Å². The second kappa shape index (κ2) is 4.89. The van der Waals surface area contributed by atoms with Crippen LogP contribution in [0.25, 0.3) is 0 Å². The van der Waals surface area contributed by atoms with Crippen molar-refractivity contribution in [1.82, 2.24) is 4.98 Å². The van der Waals surface area contributed by atoms with Gasteiger partial charge in [-0.3, -0.25) is 0 Å².